The van der Waals surface area contributed by atoms with Crippen molar-refractivity contribution in [2.75, 3.05) is 36.8 Å². The van der Waals surface area contributed by atoms with Gasteiger partial charge in [-0.05, 0) is 38.0 Å². The van der Waals surface area contributed by atoms with E-state index in [0.29, 0.717) is 5.95 Å². The SMILES string of the molecule is Cc1cccc(N2CCN(C(C)c3nc(N)n[nH]3)CC2)c1C. The van der Waals surface area contributed by atoms with Crippen molar-refractivity contribution in [2.24, 2.45) is 0 Å². The number of piperazine rings is 1. The summed E-state index contributed by atoms with van der Waals surface area (Å²) in [6, 6.07) is 6.75. The van der Waals surface area contributed by atoms with Crippen LogP contribution in [-0.2, 0) is 0 Å². The van der Waals surface area contributed by atoms with Crippen LogP contribution in [0.3, 0.4) is 0 Å². The van der Waals surface area contributed by atoms with Gasteiger partial charge in [-0.3, -0.25) is 10.00 Å². The van der Waals surface area contributed by atoms with Gasteiger partial charge in [0.1, 0.15) is 5.82 Å². The highest BCUT2D eigenvalue weighted by Crippen LogP contribution is 2.26. The summed E-state index contributed by atoms with van der Waals surface area (Å²) >= 11 is 0. The van der Waals surface area contributed by atoms with Gasteiger partial charge in [0.05, 0.1) is 6.04 Å². The number of rotatable bonds is 3. The van der Waals surface area contributed by atoms with Crippen LogP contribution >= 0.6 is 0 Å². The standard InChI is InChI=1S/C16H24N6/c1-11-5-4-6-14(12(11)2)22-9-7-21(8-10-22)13(3)15-18-16(17)20-19-15/h4-6,13H,7-10H2,1-3H3,(H3,17,18,19,20). The van der Waals surface area contributed by atoms with Crippen LogP contribution in [-0.4, -0.2) is 46.3 Å². The first-order valence-electron chi connectivity index (χ1n) is 7.79. The van der Waals surface area contributed by atoms with Crippen molar-refractivity contribution in [2.45, 2.75) is 26.8 Å². The molecule has 1 unspecified atom stereocenters. The van der Waals surface area contributed by atoms with Gasteiger partial charge < -0.3 is 10.6 Å². The van der Waals surface area contributed by atoms with Crippen molar-refractivity contribution < 1.29 is 0 Å². The Hall–Kier alpha value is -2.08. The van der Waals surface area contributed by atoms with E-state index < -0.39 is 0 Å². The number of H-pyrrole nitrogens is 1. The topological polar surface area (TPSA) is 74.1 Å². The molecule has 2 heterocycles. The molecule has 0 aliphatic carbocycles. The Kier molecular flexibility index (Phi) is 4.02. The minimum atomic E-state index is 0.213. The van der Waals surface area contributed by atoms with Crippen LogP contribution in [0.2, 0.25) is 0 Å². The molecule has 3 rings (SSSR count). The van der Waals surface area contributed by atoms with E-state index in [9.17, 15) is 0 Å². The van der Waals surface area contributed by atoms with Crippen molar-refractivity contribution in [1.29, 1.82) is 0 Å². The summed E-state index contributed by atoms with van der Waals surface area (Å²) in [6.07, 6.45) is 0. The summed E-state index contributed by atoms with van der Waals surface area (Å²) in [7, 11) is 0. The number of nitrogen functional groups attached to an aromatic ring is 1. The molecule has 2 aromatic rings. The third-order valence-corrected chi connectivity index (χ3v) is 4.69. The Bertz CT molecular complexity index is 642. The number of benzene rings is 1. The van der Waals surface area contributed by atoms with Gasteiger partial charge in [0.25, 0.3) is 0 Å². The molecule has 1 fully saturated rings. The van der Waals surface area contributed by atoms with Crippen molar-refractivity contribution in [3.05, 3.63) is 35.2 Å². The molecular weight excluding hydrogens is 276 g/mol. The van der Waals surface area contributed by atoms with Crippen molar-refractivity contribution in [3.8, 4) is 0 Å². The van der Waals surface area contributed by atoms with E-state index in [4.69, 9.17) is 5.73 Å². The monoisotopic (exact) mass is 300 g/mol. The second-order valence-electron chi connectivity index (χ2n) is 6.00. The highest BCUT2D eigenvalue weighted by atomic mass is 15.3. The lowest BCUT2D eigenvalue weighted by atomic mass is 10.1. The Morgan fingerprint density at radius 2 is 1.91 bits per heavy atom. The third-order valence-electron chi connectivity index (χ3n) is 4.69. The van der Waals surface area contributed by atoms with E-state index in [0.717, 1.165) is 32.0 Å². The largest absolute Gasteiger partial charge is 0.369 e. The molecule has 6 nitrogen and oxygen atoms in total. The molecule has 1 aromatic heterocycles. The molecule has 0 saturated carbocycles. The average Bonchev–Trinajstić information content (AvgIpc) is 2.96. The molecule has 1 aliphatic heterocycles. The van der Waals surface area contributed by atoms with Gasteiger partial charge in [-0.2, -0.15) is 4.98 Å². The maximum absolute atomic E-state index is 5.59. The lowest BCUT2D eigenvalue weighted by Gasteiger charge is -2.39. The summed E-state index contributed by atoms with van der Waals surface area (Å²) in [6.45, 7) is 10.6. The van der Waals surface area contributed by atoms with Crippen LogP contribution in [0.5, 0.6) is 0 Å². The van der Waals surface area contributed by atoms with Gasteiger partial charge in [-0.1, -0.05) is 12.1 Å². The first kappa shape index (κ1) is 14.8. The van der Waals surface area contributed by atoms with Crippen LogP contribution in [0.25, 0.3) is 0 Å². The number of hydrogen-bond donors (Lipinski definition) is 2. The first-order valence-corrected chi connectivity index (χ1v) is 7.79. The number of nitrogens with zero attached hydrogens (tertiary/aromatic N) is 4. The molecule has 1 atom stereocenters. The molecule has 1 saturated heterocycles. The second kappa shape index (κ2) is 5.96. The van der Waals surface area contributed by atoms with Crippen LogP contribution in [0.15, 0.2) is 18.2 Å². The quantitative estimate of drug-likeness (QED) is 0.905. The fourth-order valence-electron chi connectivity index (χ4n) is 3.08. The zero-order valence-corrected chi connectivity index (χ0v) is 13.5. The van der Waals surface area contributed by atoms with Crippen molar-refractivity contribution in [1.82, 2.24) is 20.1 Å². The molecule has 1 aliphatic rings. The predicted molar refractivity (Wildman–Crippen MR) is 88.9 cm³/mol. The van der Waals surface area contributed by atoms with Gasteiger partial charge in [0, 0.05) is 31.9 Å². The number of nitrogens with two attached hydrogens (primary N) is 1. The summed E-state index contributed by atoms with van der Waals surface area (Å²) in [4.78, 5) is 9.14. The maximum Gasteiger partial charge on any atom is 0.239 e. The van der Waals surface area contributed by atoms with Crippen LogP contribution in [0, 0.1) is 13.8 Å². The Labute approximate surface area is 131 Å². The normalized spacial score (nSPS) is 17.7. The molecule has 0 spiro atoms. The Morgan fingerprint density at radius 1 is 1.18 bits per heavy atom. The summed E-state index contributed by atoms with van der Waals surface area (Å²) < 4.78 is 0. The van der Waals surface area contributed by atoms with E-state index in [2.05, 4.69) is 64.0 Å². The molecule has 6 heteroatoms. The van der Waals surface area contributed by atoms with Gasteiger partial charge in [0.2, 0.25) is 5.95 Å². The highest BCUT2D eigenvalue weighted by molar-refractivity contribution is 5.56. The van der Waals surface area contributed by atoms with Crippen LogP contribution in [0.4, 0.5) is 11.6 Å². The van der Waals surface area contributed by atoms with E-state index >= 15 is 0 Å². The zero-order valence-electron chi connectivity index (χ0n) is 13.5. The van der Waals surface area contributed by atoms with Gasteiger partial charge in [-0.15, -0.1) is 5.10 Å². The number of aryl methyl sites for hydroxylation is 1. The minimum absolute atomic E-state index is 0.213. The first-order chi connectivity index (χ1) is 10.6. The van der Waals surface area contributed by atoms with Crippen LogP contribution in [0.1, 0.15) is 29.9 Å². The number of aromatic amines is 1. The molecular formula is C16H24N6. The third kappa shape index (κ3) is 2.78. The lowest BCUT2D eigenvalue weighted by molar-refractivity contribution is 0.192. The highest BCUT2D eigenvalue weighted by Gasteiger charge is 2.24. The van der Waals surface area contributed by atoms with Gasteiger partial charge in [0.15, 0.2) is 0 Å². The smallest absolute Gasteiger partial charge is 0.239 e. The molecule has 118 valence electrons. The molecule has 0 bridgehead atoms. The van der Waals surface area contributed by atoms with Crippen molar-refractivity contribution >= 4 is 11.6 Å². The summed E-state index contributed by atoms with van der Waals surface area (Å²) in [5, 5.41) is 6.84. The van der Waals surface area contributed by atoms with Gasteiger partial charge in [-0.25, -0.2) is 0 Å². The van der Waals surface area contributed by atoms with Crippen molar-refractivity contribution in [3.63, 3.8) is 0 Å². The minimum Gasteiger partial charge on any atom is -0.369 e. The fraction of sp³-hybridized carbons (Fsp3) is 0.500. The fourth-order valence-corrected chi connectivity index (χ4v) is 3.08. The summed E-state index contributed by atoms with van der Waals surface area (Å²) in [5.74, 6) is 1.16. The number of aromatic nitrogens is 3. The van der Waals surface area contributed by atoms with E-state index in [1.165, 1.54) is 16.8 Å². The van der Waals surface area contributed by atoms with Crippen LogP contribution < -0.4 is 10.6 Å². The maximum atomic E-state index is 5.59. The van der Waals surface area contributed by atoms with E-state index in [-0.39, 0.29) is 6.04 Å². The predicted octanol–water partition coefficient (Wildman–Crippen LogP) is 1.89. The summed E-state index contributed by atoms with van der Waals surface area (Å²) in [5.41, 5.74) is 9.69. The van der Waals surface area contributed by atoms with Gasteiger partial charge >= 0.3 is 0 Å². The number of hydrogen-bond acceptors (Lipinski definition) is 5. The molecule has 3 N–H and O–H groups in total. The van der Waals surface area contributed by atoms with E-state index in [1.54, 1.807) is 0 Å². The Balaban J connectivity index is 1.66. The number of anilines is 2. The molecule has 22 heavy (non-hydrogen) atoms. The second-order valence-corrected chi connectivity index (χ2v) is 6.00. The van der Waals surface area contributed by atoms with E-state index in [1.807, 2.05) is 0 Å². The average molecular weight is 300 g/mol. The number of nitrogens with one attached hydrogen (secondary N) is 1. The zero-order chi connectivity index (χ0) is 15.7. The molecule has 0 amide bonds. The molecule has 1 aromatic carbocycles. The lowest BCUT2D eigenvalue weighted by Crippen LogP contribution is -2.47. The molecule has 0 radical (unpaired) electrons. The Morgan fingerprint density at radius 3 is 2.55 bits per heavy atom.